The van der Waals surface area contributed by atoms with Gasteiger partial charge in [0.05, 0.1) is 5.56 Å². The number of rotatable bonds is 1. The maximum Gasteiger partial charge on any atom is 0.417 e. The van der Waals surface area contributed by atoms with Gasteiger partial charge in [-0.05, 0) is 13.0 Å². The molecule has 0 aliphatic heterocycles. The number of hydrogen-bond acceptors (Lipinski definition) is 4. The molecule has 0 unspecified atom stereocenters. The Kier molecular flexibility index (Phi) is 2.56. The first-order valence-electron chi connectivity index (χ1n) is 5.32. The second-order valence-corrected chi connectivity index (χ2v) is 4.85. The van der Waals surface area contributed by atoms with Gasteiger partial charge in [0.2, 0.25) is 4.96 Å². The Morgan fingerprint density at radius 2 is 1.89 bits per heavy atom. The van der Waals surface area contributed by atoms with Crippen LogP contribution in [0.25, 0.3) is 15.5 Å². The largest absolute Gasteiger partial charge is 0.417 e. The summed E-state index contributed by atoms with van der Waals surface area (Å²) in [6, 6.07) is 5.37. The van der Waals surface area contributed by atoms with E-state index < -0.39 is 11.7 Å². The quantitative estimate of drug-likeness (QED) is 0.689. The molecular weight excluding hydrogens is 277 g/mol. The van der Waals surface area contributed by atoms with Crippen molar-refractivity contribution in [2.24, 2.45) is 0 Å². The van der Waals surface area contributed by atoms with Gasteiger partial charge in [-0.2, -0.15) is 22.8 Å². The Bertz CT molecular complexity index is 744. The predicted molar refractivity (Wildman–Crippen MR) is 63.8 cm³/mol. The molecule has 8 heteroatoms. The third-order valence-corrected chi connectivity index (χ3v) is 3.54. The summed E-state index contributed by atoms with van der Waals surface area (Å²) in [6.07, 6.45) is -4.41. The molecule has 3 aromatic rings. The van der Waals surface area contributed by atoms with Gasteiger partial charge in [-0.3, -0.25) is 0 Å². The lowest BCUT2D eigenvalue weighted by Gasteiger charge is -2.09. The van der Waals surface area contributed by atoms with Crippen LogP contribution >= 0.6 is 11.3 Å². The lowest BCUT2D eigenvalue weighted by molar-refractivity contribution is -0.137. The second-order valence-electron chi connectivity index (χ2n) is 3.89. The van der Waals surface area contributed by atoms with Crippen molar-refractivity contribution in [3.63, 3.8) is 0 Å². The Labute approximate surface area is 109 Å². The van der Waals surface area contributed by atoms with E-state index in [0.29, 0.717) is 10.8 Å². The van der Waals surface area contributed by atoms with Crippen LogP contribution in [0.3, 0.4) is 0 Å². The SMILES string of the molecule is Cc1nnc2sc(-c3ccccc3C(F)(F)F)nn12. The van der Waals surface area contributed by atoms with Crippen LogP contribution in [0, 0.1) is 6.92 Å². The fourth-order valence-electron chi connectivity index (χ4n) is 1.74. The van der Waals surface area contributed by atoms with Crippen molar-refractivity contribution < 1.29 is 13.2 Å². The van der Waals surface area contributed by atoms with Crippen LogP contribution in [-0.2, 0) is 6.18 Å². The van der Waals surface area contributed by atoms with Gasteiger partial charge < -0.3 is 0 Å². The molecule has 0 aliphatic rings. The van der Waals surface area contributed by atoms with Crippen molar-refractivity contribution in [2.75, 3.05) is 0 Å². The molecule has 0 saturated heterocycles. The molecular formula is C11H7F3N4S. The summed E-state index contributed by atoms with van der Waals surface area (Å²) in [4.78, 5) is 0.476. The smallest absolute Gasteiger partial charge is 0.187 e. The summed E-state index contributed by atoms with van der Waals surface area (Å²) < 4.78 is 40.2. The van der Waals surface area contributed by atoms with Gasteiger partial charge in [0.15, 0.2) is 5.82 Å². The van der Waals surface area contributed by atoms with Crippen LogP contribution in [0.15, 0.2) is 24.3 Å². The Balaban J connectivity index is 2.21. The summed E-state index contributed by atoms with van der Waals surface area (Å²) in [6.45, 7) is 1.69. The van der Waals surface area contributed by atoms with E-state index >= 15 is 0 Å². The topological polar surface area (TPSA) is 43.1 Å². The number of fused-ring (bicyclic) bond motifs is 1. The fourth-order valence-corrected chi connectivity index (χ4v) is 2.66. The highest BCUT2D eigenvalue weighted by Gasteiger charge is 2.34. The molecule has 2 heterocycles. The molecule has 0 saturated carbocycles. The van der Waals surface area contributed by atoms with E-state index in [1.807, 2.05) is 0 Å². The molecule has 0 spiro atoms. The van der Waals surface area contributed by atoms with Gasteiger partial charge in [0.1, 0.15) is 5.01 Å². The number of nitrogens with zero attached hydrogens (tertiary/aromatic N) is 4. The average Bonchev–Trinajstić information content (AvgIpc) is 2.91. The highest BCUT2D eigenvalue weighted by atomic mass is 32.1. The first-order valence-corrected chi connectivity index (χ1v) is 6.14. The van der Waals surface area contributed by atoms with Crippen molar-refractivity contribution >= 4 is 16.3 Å². The first-order chi connectivity index (χ1) is 8.97. The number of hydrogen-bond donors (Lipinski definition) is 0. The standard InChI is InChI=1S/C11H7F3N4S/c1-6-15-16-10-18(6)17-9(19-10)7-4-2-3-5-8(7)11(12,13)14/h2-5H,1H3. The molecule has 3 rings (SSSR count). The lowest BCUT2D eigenvalue weighted by Crippen LogP contribution is -2.06. The Morgan fingerprint density at radius 3 is 2.58 bits per heavy atom. The zero-order chi connectivity index (χ0) is 13.6. The van der Waals surface area contributed by atoms with E-state index in [0.717, 1.165) is 17.4 Å². The molecule has 0 radical (unpaired) electrons. The number of aromatic nitrogens is 4. The molecule has 0 amide bonds. The summed E-state index contributed by atoms with van der Waals surface area (Å²) in [5.41, 5.74) is -0.637. The maximum atomic E-state index is 12.9. The minimum atomic E-state index is -4.41. The van der Waals surface area contributed by atoms with E-state index in [4.69, 9.17) is 0 Å². The van der Waals surface area contributed by atoms with Crippen molar-refractivity contribution in [1.29, 1.82) is 0 Å². The summed E-state index contributed by atoms with van der Waals surface area (Å²) in [5, 5.41) is 12.0. The monoisotopic (exact) mass is 284 g/mol. The molecule has 19 heavy (non-hydrogen) atoms. The number of alkyl halides is 3. The third kappa shape index (κ3) is 1.97. The average molecular weight is 284 g/mol. The minimum absolute atomic E-state index is 0.0601. The van der Waals surface area contributed by atoms with E-state index in [1.54, 1.807) is 13.0 Å². The van der Waals surface area contributed by atoms with Crippen LogP contribution in [0.4, 0.5) is 13.2 Å². The normalized spacial score (nSPS) is 12.2. The van der Waals surface area contributed by atoms with Gasteiger partial charge >= 0.3 is 6.18 Å². The number of halogens is 3. The van der Waals surface area contributed by atoms with Crippen molar-refractivity contribution in [2.45, 2.75) is 13.1 Å². The van der Waals surface area contributed by atoms with E-state index in [9.17, 15) is 13.2 Å². The van der Waals surface area contributed by atoms with Crippen molar-refractivity contribution in [3.8, 4) is 10.6 Å². The van der Waals surface area contributed by atoms with Crippen molar-refractivity contribution in [1.82, 2.24) is 19.8 Å². The highest BCUT2D eigenvalue weighted by molar-refractivity contribution is 7.19. The summed E-state index contributed by atoms with van der Waals surface area (Å²) >= 11 is 1.08. The molecule has 2 aromatic heterocycles. The Morgan fingerprint density at radius 1 is 1.16 bits per heavy atom. The van der Waals surface area contributed by atoms with E-state index in [2.05, 4.69) is 15.3 Å². The van der Waals surface area contributed by atoms with Gasteiger partial charge in [0.25, 0.3) is 0 Å². The molecule has 4 nitrogen and oxygen atoms in total. The predicted octanol–water partition coefficient (Wildman–Crippen LogP) is 3.18. The van der Waals surface area contributed by atoms with Crippen LogP contribution in [0.5, 0.6) is 0 Å². The van der Waals surface area contributed by atoms with Gasteiger partial charge in [0, 0.05) is 5.56 Å². The van der Waals surface area contributed by atoms with Crippen LogP contribution in [0.2, 0.25) is 0 Å². The third-order valence-electron chi connectivity index (χ3n) is 2.61. The molecule has 98 valence electrons. The second kappa shape index (κ2) is 4.02. The summed E-state index contributed by atoms with van der Waals surface area (Å²) in [5.74, 6) is 0.544. The zero-order valence-corrected chi connectivity index (χ0v) is 10.5. The molecule has 0 bridgehead atoms. The number of benzene rings is 1. The first kappa shape index (κ1) is 12.1. The maximum absolute atomic E-state index is 12.9. The van der Waals surface area contributed by atoms with Crippen LogP contribution in [0.1, 0.15) is 11.4 Å². The highest BCUT2D eigenvalue weighted by Crippen LogP contribution is 2.38. The zero-order valence-electron chi connectivity index (χ0n) is 9.64. The number of aryl methyl sites for hydroxylation is 1. The molecule has 0 aliphatic carbocycles. The summed E-state index contributed by atoms with van der Waals surface area (Å²) in [7, 11) is 0. The van der Waals surface area contributed by atoms with Crippen LogP contribution in [-0.4, -0.2) is 19.8 Å². The Hall–Kier alpha value is -1.96. The molecule has 0 fully saturated rings. The fraction of sp³-hybridized carbons (Fsp3) is 0.182. The van der Waals surface area contributed by atoms with E-state index in [-0.39, 0.29) is 10.6 Å². The molecule has 0 N–H and O–H groups in total. The molecule has 0 atom stereocenters. The van der Waals surface area contributed by atoms with Gasteiger partial charge in [-0.15, -0.1) is 10.2 Å². The van der Waals surface area contributed by atoms with E-state index in [1.165, 1.54) is 16.6 Å². The van der Waals surface area contributed by atoms with Gasteiger partial charge in [-0.1, -0.05) is 29.5 Å². The lowest BCUT2D eigenvalue weighted by atomic mass is 10.1. The molecule has 1 aromatic carbocycles. The van der Waals surface area contributed by atoms with Crippen LogP contribution < -0.4 is 0 Å². The van der Waals surface area contributed by atoms with Crippen molar-refractivity contribution in [3.05, 3.63) is 35.7 Å². The van der Waals surface area contributed by atoms with Gasteiger partial charge in [-0.25, -0.2) is 0 Å². The minimum Gasteiger partial charge on any atom is -0.187 e.